The highest BCUT2D eigenvalue weighted by Gasteiger charge is 2.41. The molecule has 19 heteroatoms. The number of allylic oxidation sites excluding steroid dienone is 2. The normalized spacial score (nSPS) is 18.5. The predicted octanol–water partition coefficient (Wildman–Crippen LogP) is 8.63. The zero-order valence-electron chi connectivity index (χ0n) is 40.8. The van der Waals surface area contributed by atoms with Crippen LogP contribution >= 0.6 is 0 Å². The minimum atomic E-state index is -3.95. The summed E-state index contributed by atoms with van der Waals surface area (Å²) >= 11 is 0. The fourth-order valence-corrected chi connectivity index (χ4v) is 13.1. The first-order chi connectivity index (χ1) is 36.9. The summed E-state index contributed by atoms with van der Waals surface area (Å²) in [7, 11) is -7.88. The van der Waals surface area contributed by atoms with Crippen molar-refractivity contribution >= 4 is 54.4 Å². The van der Waals surface area contributed by atoms with Gasteiger partial charge in [-0.25, -0.2) is 37.0 Å². The Hall–Kier alpha value is -8.95. The number of hydrogen-bond donors (Lipinski definition) is 0. The Morgan fingerprint density at radius 1 is 0.592 bits per heavy atom. The number of ether oxygens (including phenoxy) is 2. The average molecular weight is 1050 g/mol. The molecule has 17 nitrogen and oxygen atoms in total. The number of fused-ring (bicyclic) bond motifs is 2. The lowest BCUT2D eigenvalue weighted by atomic mass is 10.1. The molecule has 2 amide bonds. The molecule has 0 N–H and O–H groups in total. The number of hydrogen-bond acceptors (Lipinski definition) is 11. The third-order valence-electron chi connectivity index (χ3n) is 13.4. The number of anilines is 2. The van der Waals surface area contributed by atoms with Gasteiger partial charge in [0.25, 0.3) is 11.4 Å². The predicted molar refractivity (Wildman–Crippen MR) is 282 cm³/mol. The lowest BCUT2D eigenvalue weighted by Gasteiger charge is -2.24. The van der Waals surface area contributed by atoms with E-state index in [1.54, 1.807) is 48.8 Å². The van der Waals surface area contributed by atoms with E-state index in [1.807, 2.05) is 91.0 Å². The average Bonchev–Trinajstić information content (AvgIpc) is 4.25. The fourth-order valence-electron chi connectivity index (χ4n) is 9.71. The van der Waals surface area contributed by atoms with Gasteiger partial charge in [-0.2, -0.15) is 8.61 Å². The van der Waals surface area contributed by atoms with Crippen LogP contribution in [0.15, 0.2) is 173 Å². The number of carbonyl (C=O) groups excluding carboxylic acids is 2. The molecule has 0 radical (unpaired) electrons. The molecule has 76 heavy (non-hydrogen) atoms. The maximum atomic E-state index is 13.8. The van der Waals surface area contributed by atoms with Gasteiger partial charge in [0, 0.05) is 30.4 Å². The minimum Gasteiger partial charge on any atom is -0.492 e. The van der Waals surface area contributed by atoms with Crippen molar-refractivity contribution in [2.45, 2.75) is 60.6 Å². The Morgan fingerprint density at radius 2 is 1.01 bits per heavy atom. The molecule has 0 bridgehead atoms. The first kappa shape index (κ1) is 51.9. The van der Waals surface area contributed by atoms with Crippen LogP contribution in [-0.2, 0) is 42.7 Å². The monoisotopic (exact) mass is 1050 g/mol. The Morgan fingerprint density at radius 3 is 1.42 bits per heavy atom. The highest BCUT2D eigenvalue weighted by atomic mass is 32.2. The van der Waals surface area contributed by atoms with Crippen LogP contribution in [0.3, 0.4) is 0 Å². The van der Waals surface area contributed by atoms with E-state index < -0.39 is 31.9 Å². The zero-order valence-corrected chi connectivity index (χ0v) is 42.4. The van der Waals surface area contributed by atoms with Crippen LogP contribution in [0.4, 0.5) is 11.4 Å². The van der Waals surface area contributed by atoms with Gasteiger partial charge in [-0.1, -0.05) is 78.9 Å². The number of nitriles is 2. The van der Waals surface area contributed by atoms with Crippen molar-refractivity contribution in [3.05, 3.63) is 208 Å². The highest BCUT2D eigenvalue weighted by Crippen LogP contribution is 2.43. The Labute approximate surface area is 441 Å². The zero-order chi connectivity index (χ0) is 53.4. The SMILES string of the molecule is [C-]#[N+]/C(C#N)=C1/C(=O)N(Cc2ccccc2)c2ccc(S(=O)(=O)N3CCC[C@H]3COc3ccccc3)cc21.[C-]#[N+]/C(C#N)=C1/C(=O)N(Cc2ccccc2)c2ccc(S(=O)(=O)N3CCC[C@H]3COc3cccnc3)cc21. The third kappa shape index (κ3) is 10.5. The van der Waals surface area contributed by atoms with Gasteiger partial charge in [-0.05, 0) is 97.5 Å². The van der Waals surface area contributed by atoms with Crippen molar-refractivity contribution in [2.24, 2.45) is 0 Å². The van der Waals surface area contributed by atoms with Crippen molar-refractivity contribution in [1.29, 1.82) is 10.5 Å². The molecule has 1 aromatic heterocycles. The molecular weight excluding hydrogens is 1000 g/mol. The van der Waals surface area contributed by atoms with Crippen molar-refractivity contribution in [2.75, 3.05) is 36.1 Å². The molecule has 0 spiro atoms. The molecule has 5 aromatic carbocycles. The van der Waals surface area contributed by atoms with E-state index in [2.05, 4.69) is 14.7 Å². The van der Waals surface area contributed by atoms with Crippen LogP contribution in [0.25, 0.3) is 20.8 Å². The molecule has 5 heterocycles. The number of aromatic nitrogens is 1. The molecule has 2 fully saturated rings. The summed E-state index contributed by atoms with van der Waals surface area (Å²) in [5, 5.41) is 19.1. The molecule has 380 valence electrons. The summed E-state index contributed by atoms with van der Waals surface area (Å²) in [5.74, 6) is 0.227. The Kier molecular flexibility index (Phi) is 15.5. The molecule has 6 aromatic rings. The van der Waals surface area contributed by atoms with Gasteiger partial charge in [0.1, 0.15) is 24.7 Å². The standard InChI is InChI=1S/C29H24N4O4S.C28H23N5O4S/c1-31-26(18-30)28-25-17-24(14-15-27(25)32(29(28)34)19-21-9-4-2-5-10-21)38(35,36)33-16-8-11-22(33)20-37-23-12-6-3-7-13-23;1-30-25(16-29)27-24-15-23(11-12-26(24)32(28(27)34)18-20-7-3-2-4-8-20)38(35,36)33-14-6-9-21(33)19-37-22-10-5-13-31-17-22/h2-7,9-10,12-15,17,22H,8,11,16,19-20H2;2-5,7-8,10-13,15,17,21H,6,9,14,18-19H2/b28-26+;27-25+/t22-;21-/m00/s1. The van der Waals surface area contributed by atoms with Gasteiger partial charge in [-0.3, -0.25) is 14.6 Å². The number of pyridine rings is 1. The van der Waals surface area contributed by atoms with E-state index in [9.17, 15) is 36.9 Å². The van der Waals surface area contributed by atoms with Gasteiger partial charge in [0.2, 0.25) is 31.9 Å². The lowest BCUT2D eigenvalue weighted by molar-refractivity contribution is -0.113. The van der Waals surface area contributed by atoms with E-state index in [1.165, 1.54) is 42.7 Å². The third-order valence-corrected chi connectivity index (χ3v) is 17.3. The van der Waals surface area contributed by atoms with E-state index >= 15 is 0 Å². The number of carbonyl (C=O) groups is 2. The van der Waals surface area contributed by atoms with Gasteiger partial charge >= 0.3 is 0 Å². The lowest BCUT2D eigenvalue weighted by Crippen LogP contribution is -2.39. The van der Waals surface area contributed by atoms with Crippen LogP contribution in [0, 0.1) is 35.8 Å². The van der Waals surface area contributed by atoms with Crippen molar-refractivity contribution in [3.8, 4) is 23.6 Å². The molecule has 0 saturated carbocycles. The van der Waals surface area contributed by atoms with Gasteiger partial charge in [-0.15, -0.1) is 0 Å². The van der Waals surface area contributed by atoms with E-state index in [0.717, 1.165) is 11.1 Å². The van der Waals surface area contributed by atoms with Gasteiger partial charge in [0.05, 0.1) is 89.0 Å². The fraction of sp³-hybridized carbons (Fsp3) is 0.211. The minimum absolute atomic E-state index is 0.00124. The van der Waals surface area contributed by atoms with Gasteiger partial charge in [0.15, 0.2) is 0 Å². The topological polar surface area (TPSA) is 203 Å². The van der Waals surface area contributed by atoms with Crippen molar-refractivity contribution in [1.82, 2.24) is 13.6 Å². The van der Waals surface area contributed by atoms with E-state index in [0.29, 0.717) is 61.6 Å². The Balaban J connectivity index is 0.000000186. The van der Waals surface area contributed by atoms with E-state index in [-0.39, 0.29) is 81.8 Å². The van der Waals surface area contributed by atoms with Crippen LogP contribution in [-0.4, -0.2) is 80.6 Å². The number of para-hydroxylation sites is 1. The molecule has 4 aliphatic heterocycles. The molecule has 4 aliphatic rings. The number of benzene rings is 5. The largest absolute Gasteiger partial charge is 0.492 e. The number of rotatable bonds is 14. The quantitative estimate of drug-likeness (QED) is 0.0574. The van der Waals surface area contributed by atoms with E-state index in [4.69, 9.17) is 22.6 Å². The summed E-state index contributed by atoms with van der Waals surface area (Å²) in [6.45, 7) is 16.4. The van der Waals surface area contributed by atoms with Crippen LogP contribution in [0.1, 0.15) is 47.9 Å². The highest BCUT2D eigenvalue weighted by molar-refractivity contribution is 7.89. The summed E-state index contributed by atoms with van der Waals surface area (Å²) in [5.41, 5.74) is 2.31. The van der Waals surface area contributed by atoms with Crippen LogP contribution < -0.4 is 19.3 Å². The number of amides is 2. The number of sulfonamides is 2. The second kappa shape index (κ2) is 22.7. The second-order valence-electron chi connectivity index (χ2n) is 18.0. The summed E-state index contributed by atoms with van der Waals surface area (Å²) < 4.78 is 69.5. The second-order valence-corrected chi connectivity index (χ2v) is 21.7. The van der Waals surface area contributed by atoms with Gasteiger partial charge < -0.3 is 19.3 Å². The Bertz CT molecular complexity index is 3390. The smallest absolute Gasteiger partial charge is 0.275 e. The molecule has 2 saturated heterocycles. The summed E-state index contributed by atoms with van der Waals surface area (Å²) in [4.78, 5) is 40.3. The maximum Gasteiger partial charge on any atom is 0.275 e. The molecule has 10 rings (SSSR count). The number of nitrogens with zero attached hydrogens (tertiary/aromatic N) is 9. The molecule has 0 unspecified atom stereocenters. The molecule has 2 atom stereocenters. The van der Waals surface area contributed by atoms with Crippen molar-refractivity contribution < 1.29 is 35.9 Å². The first-order valence-corrected chi connectivity index (χ1v) is 27.0. The summed E-state index contributed by atoms with van der Waals surface area (Å²) in [6, 6.07) is 43.2. The maximum absolute atomic E-state index is 13.8. The van der Waals surface area contributed by atoms with Crippen LogP contribution in [0.5, 0.6) is 11.5 Å². The van der Waals surface area contributed by atoms with Crippen molar-refractivity contribution in [3.63, 3.8) is 0 Å². The first-order valence-electron chi connectivity index (χ1n) is 24.2. The molecule has 0 aliphatic carbocycles. The van der Waals surface area contributed by atoms with Crippen LogP contribution in [0.2, 0.25) is 0 Å². The summed E-state index contributed by atoms with van der Waals surface area (Å²) in [6.07, 6.45) is 5.92. The molecular formula is C57H47N9O8S2.